The van der Waals surface area contributed by atoms with Gasteiger partial charge < -0.3 is 19.7 Å². The SMILES string of the molecule is CCCNC(=O)N1CCc2cc(OC)c(OC)cc2C1CNS(=O)(=O)c1ccc(C)cc1. The Hall–Kier alpha value is -2.78. The number of ether oxygens (including phenoxy) is 2. The summed E-state index contributed by atoms with van der Waals surface area (Å²) in [7, 11) is -0.614. The molecule has 2 aromatic rings. The van der Waals surface area contributed by atoms with E-state index in [1.807, 2.05) is 26.0 Å². The zero-order chi connectivity index (χ0) is 23.3. The van der Waals surface area contributed by atoms with E-state index in [0.29, 0.717) is 31.0 Å². The van der Waals surface area contributed by atoms with Crippen LogP contribution in [0.5, 0.6) is 11.5 Å². The monoisotopic (exact) mass is 461 g/mol. The summed E-state index contributed by atoms with van der Waals surface area (Å²) in [5.74, 6) is 1.14. The van der Waals surface area contributed by atoms with Crippen LogP contribution in [0.2, 0.25) is 0 Å². The van der Waals surface area contributed by atoms with Crippen molar-refractivity contribution in [3.63, 3.8) is 0 Å². The first kappa shape index (κ1) is 23.9. The number of aryl methyl sites for hydroxylation is 1. The van der Waals surface area contributed by atoms with Crippen LogP contribution >= 0.6 is 0 Å². The number of fused-ring (bicyclic) bond motifs is 1. The summed E-state index contributed by atoms with van der Waals surface area (Å²) in [6.45, 7) is 4.94. The molecule has 32 heavy (non-hydrogen) atoms. The highest BCUT2D eigenvalue weighted by molar-refractivity contribution is 7.89. The lowest BCUT2D eigenvalue weighted by atomic mass is 9.92. The van der Waals surface area contributed by atoms with E-state index in [1.165, 1.54) is 0 Å². The van der Waals surface area contributed by atoms with Gasteiger partial charge in [0.25, 0.3) is 0 Å². The molecule has 3 rings (SSSR count). The number of hydrogen-bond donors (Lipinski definition) is 2. The third-order valence-corrected chi connectivity index (χ3v) is 7.03. The van der Waals surface area contributed by atoms with Gasteiger partial charge in [-0.1, -0.05) is 24.6 Å². The highest BCUT2D eigenvalue weighted by Crippen LogP contribution is 2.38. The van der Waals surface area contributed by atoms with E-state index in [4.69, 9.17) is 9.47 Å². The normalized spacial score (nSPS) is 15.8. The molecule has 0 radical (unpaired) electrons. The lowest BCUT2D eigenvalue weighted by molar-refractivity contribution is 0.169. The van der Waals surface area contributed by atoms with Crippen molar-refractivity contribution in [2.45, 2.75) is 37.6 Å². The minimum atomic E-state index is -3.74. The number of sulfonamides is 1. The molecule has 1 heterocycles. The number of methoxy groups -OCH3 is 2. The van der Waals surface area contributed by atoms with E-state index in [-0.39, 0.29) is 17.5 Å². The van der Waals surface area contributed by atoms with Crippen molar-refractivity contribution in [3.8, 4) is 11.5 Å². The number of carbonyl (C=O) groups excluding carboxylic acids is 1. The highest BCUT2D eigenvalue weighted by atomic mass is 32.2. The average Bonchev–Trinajstić information content (AvgIpc) is 2.80. The van der Waals surface area contributed by atoms with E-state index in [2.05, 4.69) is 10.0 Å². The van der Waals surface area contributed by atoms with Crippen LogP contribution in [0, 0.1) is 6.92 Å². The van der Waals surface area contributed by atoms with Gasteiger partial charge in [-0.25, -0.2) is 17.9 Å². The van der Waals surface area contributed by atoms with Gasteiger partial charge in [0.15, 0.2) is 11.5 Å². The standard InChI is InChI=1S/C23H31N3O5S/c1-5-11-24-23(27)26-12-10-17-13-21(30-3)22(31-4)14-19(17)20(26)15-25-32(28,29)18-8-6-16(2)7-9-18/h6-9,13-14,20,25H,5,10-12,15H2,1-4H3,(H,24,27). The second-order valence-corrected chi connectivity index (χ2v) is 9.53. The maximum absolute atomic E-state index is 12.9. The fraction of sp³-hybridized carbons (Fsp3) is 0.435. The van der Waals surface area contributed by atoms with E-state index in [1.54, 1.807) is 43.4 Å². The van der Waals surface area contributed by atoms with Crippen molar-refractivity contribution < 1.29 is 22.7 Å². The zero-order valence-electron chi connectivity index (χ0n) is 19.0. The Morgan fingerprint density at radius 3 is 2.41 bits per heavy atom. The molecule has 0 fully saturated rings. The molecule has 1 atom stereocenters. The van der Waals surface area contributed by atoms with Gasteiger partial charge in [-0.15, -0.1) is 0 Å². The molecule has 0 saturated carbocycles. The predicted molar refractivity (Wildman–Crippen MR) is 123 cm³/mol. The van der Waals surface area contributed by atoms with Gasteiger partial charge in [0.2, 0.25) is 10.0 Å². The maximum Gasteiger partial charge on any atom is 0.317 e. The minimum absolute atomic E-state index is 0.0399. The van der Waals surface area contributed by atoms with Crippen molar-refractivity contribution >= 4 is 16.1 Å². The number of hydrogen-bond acceptors (Lipinski definition) is 5. The Kier molecular flexibility index (Phi) is 7.63. The highest BCUT2D eigenvalue weighted by Gasteiger charge is 2.33. The Labute approximate surface area is 190 Å². The molecule has 2 aromatic carbocycles. The summed E-state index contributed by atoms with van der Waals surface area (Å²) in [4.78, 5) is 14.7. The summed E-state index contributed by atoms with van der Waals surface area (Å²) in [6, 6.07) is 9.69. The Bertz CT molecular complexity index is 1050. The van der Waals surface area contributed by atoms with E-state index in [9.17, 15) is 13.2 Å². The van der Waals surface area contributed by atoms with E-state index >= 15 is 0 Å². The summed E-state index contributed by atoms with van der Waals surface area (Å²) in [5, 5.41) is 2.90. The van der Waals surface area contributed by atoms with E-state index < -0.39 is 16.1 Å². The minimum Gasteiger partial charge on any atom is -0.493 e. The lowest BCUT2D eigenvalue weighted by Crippen LogP contribution is -2.49. The number of rotatable bonds is 8. The molecule has 0 bridgehead atoms. The molecule has 1 unspecified atom stereocenters. The largest absolute Gasteiger partial charge is 0.493 e. The quantitative estimate of drug-likeness (QED) is 0.630. The van der Waals surface area contributed by atoms with Crippen LogP contribution < -0.4 is 19.5 Å². The number of benzene rings is 2. The third kappa shape index (κ3) is 5.16. The molecule has 0 saturated heterocycles. The van der Waals surface area contributed by atoms with Crippen LogP contribution in [0.4, 0.5) is 4.79 Å². The fourth-order valence-corrected chi connectivity index (χ4v) is 4.85. The van der Waals surface area contributed by atoms with Gasteiger partial charge in [0.1, 0.15) is 0 Å². The number of amides is 2. The van der Waals surface area contributed by atoms with Crippen molar-refractivity contribution in [2.24, 2.45) is 0 Å². The van der Waals surface area contributed by atoms with Crippen LogP contribution in [-0.4, -0.2) is 53.2 Å². The topological polar surface area (TPSA) is 97.0 Å². The molecule has 2 N–H and O–H groups in total. The second kappa shape index (κ2) is 10.2. The van der Waals surface area contributed by atoms with Crippen LogP contribution in [0.3, 0.4) is 0 Å². The number of carbonyl (C=O) groups is 1. The summed E-state index contributed by atoms with van der Waals surface area (Å²) in [5.41, 5.74) is 2.82. The molecule has 0 spiro atoms. The summed E-state index contributed by atoms with van der Waals surface area (Å²) in [6.07, 6.45) is 1.45. The van der Waals surface area contributed by atoms with Crippen molar-refractivity contribution in [2.75, 3.05) is 33.9 Å². The van der Waals surface area contributed by atoms with Gasteiger partial charge in [-0.05, 0) is 55.2 Å². The molecular weight excluding hydrogens is 430 g/mol. The Balaban J connectivity index is 1.94. The first-order valence-corrected chi connectivity index (χ1v) is 12.1. The predicted octanol–water partition coefficient (Wildman–Crippen LogP) is 3.01. The van der Waals surface area contributed by atoms with Crippen LogP contribution in [0.1, 0.15) is 36.1 Å². The molecule has 0 aromatic heterocycles. The van der Waals surface area contributed by atoms with Crippen molar-refractivity contribution in [1.82, 2.24) is 14.9 Å². The average molecular weight is 462 g/mol. The molecule has 0 aliphatic carbocycles. The zero-order valence-corrected chi connectivity index (χ0v) is 19.8. The third-order valence-electron chi connectivity index (χ3n) is 5.59. The molecule has 8 nitrogen and oxygen atoms in total. The maximum atomic E-state index is 12.9. The van der Waals surface area contributed by atoms with Gasteiger partial charge in [-0.3, -0.25) is 0 Å². The molecule has 2 amide bonds. The molecule has 9 heteroatoms. The van der Waals surface area contributed by atoms with Crippen molar-refractivity contribution in [1.29, 1.82) is 0 Å². The van der Waals surface area contributed by atoms with Crippen LogP contribution in [-0.2, 0) is 16.4 Å². The van der Waals surface area contributed by atoms with Gasteiger partial charge in [0.05, 0.1) is 25.2 Å². The summed E-state index contributed by atoms with van der Waals surface area (Å²) >= 11 is 0. The number of nitrogens with zero attached hydrogens (tertiary/aromatic N) is 1. The molecule has 1 aliphatic rings. The van der Waals surface area contributed by atoms with Gasteiger partial charge in [0, 0.05) is 19.6 Å². The first-order chi connectivity index (χ1) is 15.3. The molecule has 174 valence electrons. The van der Waals surface area contributed by atoms with Gasteiger partial charge in [-0.2, -0.15) is 0 Å². The molecule has 1 aliphatic heterocycles. The van der Waals surface area contributed by atoms with E-state index in [0.717, 1.165) is 23.1 Å². The smallest absolute Gasteiger partial charge is 0.317 e. The number of nitrogens with one attached hydrogen (secondary N) is 2. The first-order valence-electron chi connectivity index (χ1n) is 10.7. The molecular formula is C23H31N3O5S. The van der Waals surface area contributed by atoms with Crippen LogP contribution in [0.25, 0.3) is 0 Å². The fourth-order valence-electron chi connectivity index (χ4n) is 3.81. The van der Waals surface area contributed by atoms with Gasteiger partial charge >= 0.3 is 6.03 Å². The lowest BCUT2D eigenvalue weighted by Gasteiger charge is -2.37. The van der Waals surface area contributed by atoms with Crippen molar-refractivity contribution in [3.05, 3.63) is 53.1 Å². The van der Waals surface area contributed by atoms with Crippen LogP contribution in [0.15, 0.2) is 41.3 Å². The Morgan fingerprint density at radius 1 is 1.12 bits per heavy atom. The summed E-state index contributed by atoms with van der Waals surface area (Å²) < 4.78 is 39.4. The second-order valence-electron chi connectivity index (χ2n) is 7.76. The Morgan fingerprint density at radius 2 is 1.78 bits per heavy atom. The number of urea groups is 1.